The topological polar surface area (TPSA) is 99.5 Å². The molecule has 3 heterocycles. The molecule has 42 heavy (non-hydrogen) atoms. The summed E-state index contributed by atoms with van der Waals surface area (Å²) < 4.78 is 18.7. The lowest BCUT2D eigenvalue weighted by Gasteiger charge is -2.44. The zero-order valence-corrected chi connectivity index (χ0v) is 25.2. The number of rotatable bonds is 6. The Morgan fingerprint density at radius 3 is 2.55 bits per heavy atom. The molecule has 2 atom stereocenters. The molecule has 0 spiro atoms. The van der Waals surface area contributed by atoms with Crippen molar-refractivity contribution in [3.63, 3.8) is 0 Å². The van der Waals surface area contributed by atoms with Crippen LogP contribution in [-0.2, 0) is 16.6 Å². The highest BCUT2D eigenvalue weighted by atomic mass is 19.1. The van der Waals surface area contributed by atoms with E-state index in [9.17, 15) is 9.59 Å². The van der Waals surface area contributed by atoms with Gasteiger partial charge in [-0.25, -0.2) is 9.37 Å². The molecule has 0 bridgehead atoms. The minimum absolute atomic E-state index is 0.0259. The molecule has 2 aromatic carbocycles. The predicted octanol–water partition coefficient (Wildman–Crippen LogP) is 4.05. The van der Waals surface area contributed by atoms with Gasteiger partial charge in [0.2, 0.25) is 17.8 Å². The second kappa shape index (κ2) is 11.1. The van der Waals surface area contributed by atoms with Gasteiger partial charge in [0.1, 0.15) is 11.3 Å². The number of likely N-dealkylation sites (N-methyl/N-ethyl adjacent to an activating group) is 1. The summed E-state index contributed by atoms with van der Waals surface area (Å²) in [5.41, 5.74) is 3.77. The summed E-state index contributed by atoms with van der Waals surface area (Å²) in [4.78, 5) is 40.1. The third-order valence-electron chi connectivity index (χ3n) is 7.90. The highest BCUT2D eigenvalue weighted by Gasteiger charge is 2.34. The molecule has 1 aliphatic rings. The van der Waals surface area contributed by atoms with Crippen LogP contribution in [0.2, 0.25) is 0 Å². The van der Waals surface area contributed by atoms with E-state index in [-0.39, 0.29) is 41.9 Å². The summed E-state index contributed by atoms with van der Waals surface area (Å²) in [6.07, 6.45) is 3.09. The van der Waals surface area contributed by atoms with Crippen LogP contribution >= 0.6 is 0 Å². The van der Waals surface area contributed by atoms with Crippen LogP contribution in [0.1, 0.15) is 25.0 Å². The van der Waals surface area contributed by atoms with Gasteiger partial charge >= 0.3 is 0 Å². The number of piperazine rings is 1. The monoisotopic (exact) mass is 572 g/mol. The van der Waals surface area contributed by atoms with Gasteiger partial charge in [0, 0.05) is 54.1 Å². The molecule has 1 N–H and O–H groups in total. The van der Waals surface area contributed by atoms with Crippen molar-refractivity contribution < 1.29 is 14.0 Å². The standard InChI is InChI=1S/C31H37FN8O2/c1-9-24(42)39-14-20(5)40(15-19(39)4)30-22-12-18(3)25(26-17(2)10-11-21-13-33-38(8)29(21)26)27(32)28(22)35-31(36-30)34-23(41)16-37(6)7/h9-13,19-20H,1,14-16H2,2-8H3,(H,34,35,36,41)/t19-,20+/m1/s1. The minimum atomic E-state index is -0.491. The van der Waals surface area contributed by atoms with Crippen LogP contribution in [0.25, 0.3) is 32.9 Å². The summed E-state index contributed by atoms with van der Waals surface area (Å²) in [5.74, 6) is -0.400. The molecule has 2 aromatic heterocycles. The Morgan fingerprint density at radius 2 is 1.86 bits per heavy atom. The number of aromatic nitrogens is 4. The molecule has 4 aromatic rings. The van der Waals surface area contributed by atoms with Gasteiger partial charge in [0.15, 0.2) is 5.82 Å². The van der Waals surface area contributed by atoms with Crippen LogP contribution in [0.4, 0.5) is 16.2 Å². The molecule has 0 radical (unpaired) electrons. The molecule has 0 saturated carbocycles. The lowest BCUT2D eigenvalue weighted by Crippen LogP contribution is -2.58. The Bertz CT molecular complexity index is 1730. The van der Waals surface area contributed by atoms with E-state index in [1.54, 1.807) is 34.8 Å². The maximum Gasteiger partial charge on any atom is 0.246 e. The lowest BCUT2D eigenvalue weighted by molar-refractivity contribution is -0.128. The molecule has 10 nitrogen and oxygen atoms in total. The van der Waals surface area contributed by atoms with E-state index in [2.05, 4.69) is 26.9 Å². The first-order valence-electron chi connectivity index (χ1n) is 14.0. The van der Waals surface area contributed by atoms with E-state index < -0.39 is 5.82 Å². The van der Waals surface area contributed by atoms with E-state index in [4.69, 9.17) is 4.98 Å². The van der Waals surface area contributed by atoms with Crippen molar-refractivity contribution in [1.29, 1.82) is 0 Å². The Morgan fingerprint density at radius 1 is 1.12 bits per heavy atom. The normalized spacial score (nSPS) is 17.4. The summed E-state index contributed by atoms with van der Waals surface area (Å²) in [5, 5.41) is 8.62. The Hall–Kier alpha value is -4.38. The molecular formula is C31H37FN8O2. The molecule has 0 unspecified atom stereocenters. The Labute approximate surface area is 244 Å². The van der Waals surface area contributed by atoms with Gasteiger partial charge in [-0.05, 0) is 65.1 Å². The van der Waals surface area contributed by atoms with Crippen LogP contribution in [0.15, 0.2) is 37.1 Å². The van der Waals surface area contributed by atoms with Crippen molar-refractivity contribution in [1.82, 2.24) is 29.5 Å². The van der Waals surface area contributed by atoms with Gasteiger partial charge in [0.05, 0.1) is 18.3 Å². The van der Waals surface area contributed by atoms with E-state index in [0.717, 1.165) is 27.6 Å². The predicted molar refractivity (Wildman–Crippen MR) is 164 cm³/mol. The number of nitrogens with one attached hydrogen (secondary N) is 1. The number of carbonyl (C=O) groups excluding carboxylic acids is 2. The number of carbonyl (C=O) groups is 2. The van der Waals surface area contributed by atoms with Crippen LogP contribution in [0, 0.1) is 19.7 Å². The smallest absolute Gasteiger partial charge is 0.246 e. The fraction of sp³-hybridized carbons (Fsp3) is 0.387. The summed E-state index contributed by atoms with van der Waals surface area (Å²) in [7, 11) is 5.42. The average Bonchev–Trinajstić information content (AvgIpc) is 3.30. The molecule has 0 aliphatic carbocycles. The first-order chi connectivity index (χ1) is 19.9. The number of halogens is 1. The van der Waals surface area contributed by atoms with Crippen LogP contribution in [-0.4, -0.2) is 87.2 Å². The number of hydrogen-bond acceptors (Lipinski definition) is 7. The molecule has 11 heteroatoms. The van der Waals surface area contributed by atoms with Gasteiger partial charge in [0.25, 0.3) is 0 Å². The largest absolute Gasteiger partial charge is 0.349 e. The molecule has 1 saturated heterocycles. The minimum Gasteiger partial charge on any atom is -0.349 e. The fourth-order valence-electron chi connectivity index (χ4n) is 5.90. The molecular weight excluding hydrogens is 535 g/mol. The summed E-state index contributed by atoms with van der Waals surface area (Å²) >= 11 is 0. The number of hydrogen-bond donors (Lipinski definition) is 1. The van der Waals surface area contributed by atoms with Crippen molar-refractivity contribution >= 4 is 45.4 Å². The number of amides is 2. The van der Waals surface area contributed by atoms with E-state index in [0.29, 0.717) is 29.9 Å². The highest BCUT2D eigenvalue weighted by Crippen LogP contribution is 2.40. The van der Waals surface area contributed by atoms with Gasteiger partial charge in [-0.15, -0.1) is 0 Å². The fourth-order valence-corrected chi connectivity index (χ4v) is 5.90. The van der Waals surface area contributed by atoms with Gasteiger partial charge in [-0.2, -0.15) is 10.1 Å². The number of benzene rings is 2. The van der Waals surface area contributed by atoms with Gasteiger partial charge in [-0.3, -0.25) is 19.6 Å². The number of fused-ring (bicyclic) bond motifs is 2. The third-order valence-corrected chi connectivity index (χ3v) is 7.90. The zero-order valence-electron chi connectivity index (χ0n) is 25.2. The number of anilines is 2. The van der Waals surface area contributed by atoms with Crippen LogP contribution < -0.4 is 10.2 Å². The summed E-state index contributed by atoms with van der Waals surface area (Å²) in [6, 6.07) is 5.59. The van der Waals surface area contributed by atoms with Crippen LogP contribution in [0.3, 0.4) is 0 Å². The SMILES string of the molecule is C=CC(=O)N1C[C@H](C)N(c2nc(NC(=O)CN(C)C)nc3c(F)c(-c4c(C)ccc5cnn(C)c45)c(C)cc23)C[C@H]1C. The quantitative estimate of drug-likeness (QED) is 0.348. The lowest BCUT2D eigenvalue weighted by atomic mass is 9.92. The molecule has 1 aliphatic heterocycles. The molecule has 220 valence electrons. The van der Waals surface area contributed by atoms with Crippen molar-refractivity contribution in [3.05, 3.63) is 54.0 Å². The van der Waals surface area contributed by atoms with E-state index in [1.165, 1.54) is 6.08 Å². The molecule has 5 rings (SSSR count). The zero-order chi connectivity index (χ0) is 30.5. The first kappa shape index (κ1) is 29.1. The average molecular weight is 573 g/mol. The second-order valence-corrected chi connectivity index (χ2v) is 11.4. The third kappa shape index (κ3) is 5.09. The van der Waals surface area contributed by atoms with E-state index >= 15 is 4.39 Å². The van der Waals surface area contributed by atoms with E-state index in [1.807, 2.05) is 52.9 Å². The maximum absolute atomic E-state index is 16.9. The number of aryl methyl sites for hydroxylation is 3. The molecule has 2 amide bonds. The first-order valence-corrected chi connectivity index (χ1v) is 14.0. The van der Waals surface area contributed by atoms with Crippen molar-refractivity contribution in [2.24, 2.45) is 7.05 Å². The van der Waals surface area contributed by atoms with Crippen LogP contribution in [0.5, 0.6) is 0 Å². The maximum atomic E-state index is 16.9. The van der Waals surface area contributed by atoms with Gasteiger partial charge in [-0.1, -0.05) is 18.7 Å². The Kier molecular flexibility index (Phi) is 7.72. The van der Waals surface area contributed by atoms with Crippen molar-refractivity contribution in [2.45, 2.75) is 39.8 Å². The Balaban J connectivity index is 1.73. The summed E-state index contributed by atoms with van der Waals surface area (Å²) in [6.45, 7) is 12.5. The highest BCUT2D eigenvalue weighted by molar-refractivity contribution is 6.02. The molecule has 1 fully saturated rings. The van der Waals surface area contributed by atoms with Gasteiger partial charge < -0.3 is 14.7 Å². The van der Waals surface area contributed by atoms with Crippen molar-refractivity contribution in [3.8, 4) is 11.1 Å². The van der Waals surface area contributed by atoms with Crippen molar-refractivity contribution in [2.75, 3.05) is 43.9 Å². The second-order valence-electron chi connectivity index (χ2n) is 11.4. The number of nitrogens with zero attached hydrogens (tertiary/aromatic N) is 7.